The van der Waals surface area contributed by atoms with Crippen LogP contribution in [-0.2, 0) is 11.3 Å². The van der Waals surface area contributed by atoms with E-state index in [0.717, 1.165) is 42.9 Å². The van der Waals surface area contributed by atoms with E-state index in [4.69, 9.17) is 4.74 Å². The molecule has 2 aromatic rings. The maximum Gasteiger partial charge on any atom is 0.139 e. The number of aromatic nitrogens is 1. The molecule has 1 saturated heterocycles. The highest BCUT2D eigenvalue weighted by Crippen LogP contribution is 2.23. The Morgan fingerprint density at radius 3 is 2.83 bits per heavy atom. The van der Waals surface area contributed by atoms with Gasteiger partial charge in [-0.05, 0) is 12.1 Å². The smallest absolute Gasteiger partial charge is 0.139 e. The molecule has 0 radical (unpaired) electrons. The van der Waals surface area contributed by atoms with Crippen molar-refractivity contribution in [3.63, 3.8) is 0 Å². The second kappa shape index (κ2) is 4.92. The summed E-state index contributed by atoms with van der Waals surface area (Å²) in [6.45, 7) is 3.99. The monoisotopic (exact) mass is 244 g/mol. The Labute approximate surface area is 106 Å². The molecule has 3 rings (SSSR count). The number of hydrogen-bond donors (Lipinski definition) is 1. The van der Waals surface area contributed by atoms with Crippen LogP contribution in [0, 0.1) is 0 Å². The van der Waals surface area contributed by atoms with Crippen LogP contribution in [0.15, 0.2) is 30.3 Å². The quantitative estimate of drug-likeness (QED) is 0.874. The van der Waals surface area contributed by atoms with E-state index >= 15 is 0 Å². The summed E-state index contributed by atoms with van der Waals surface area (Å²) in [5.41, 5.74) is 1.68. The van der Waals surface area contributed by atoms with Crippen LogP contribution in [0.3, 0.4) is 0 Å². The van der Waals surface area contributed by atoms with Crippen molar-refractivity contribution in [1.29, 1.82) is 0 Å². The van der Waals surface area contributed by atoms with Crippen molar-refractivity contribution in [3.8, 4) is 5.75 Å². The van der Waals surface area contributed by atoms with Crippen LogP contribution in [0.1, 0.15) is 5.69 Å². The van der Waals surface area contributed by atoms with Gasteiger partial charge in [0.05, 0.1) is 24.4 Å². The van der Waals surface area contributed by atoms with Gasteiger partial charge in [-0.3, -0.25) is 4.90 Å². The predicted octanol–water partition coefficient (Wildman–Crippen LogP) is 1.77. The van der Waals surface area contributed by atoms with Gasteiger partial charge in [-0.15, -0.1) is 0 Å². The topological polar surface area (TPSA) is 45.6 Å². The lowest BCUT2D eigenvalue weighted by atomic mass is 10.2. The minimum absolute atomic E-state index is 0.278. The zero-order chi connectivity index (χ0) is 12.4. The summed E-state index contributed by atoms with van der Waals surface area (Å²) in [4.78, 5) is 6.79. The molecule has 1 aromatic heterocycles. The SMILES string of the molecule is Oc1cc2ccccc2nc1CN1CCOCC1. The molecule has 0 saturated carbocycles. The Balaban J connectivity index is 1.88. The van der Waals surface area contributed by atoms with E-state index in [1.54, 1.807) is 6.07 Å². The van der Waals surface area contributed by atoms with E-state index in [9.17, 15) is 5.11 Å². The fourth-order valence-electron chi connectivity index (χ4n) is 2.23. The average Bonchev–Trinajstić information content (AvgIpc) is 2.41. The van der Waals surface area contributed by atoms with Crippen LogP contribution in [0.5, 0.6) is 5.75 Å². The number of nitrogens with zero attached hydrogens (tertiary/aromatic N) is 2. The number of para-hydroxylation sites is 1. The van der Waals surface area contributed by atoms with Crippen molar-refractivity contribution in [1.82, 2.24) is 9.88 Å². The minimum atomic E-state index is 0.278. The molecule has 0 spiro atoms. The van der Waals surface area contributed by atoms with Crippen LogP contribution in [0.2, 0.25) is 0 Å². The van der Waals surface area contributed by atoms with Gasteiger partial charge in [-0.1, -0.05) is 18.2 Å². The van der Waals surface area contributed by atoms with Gasteiger partial charge < -0.3 is 9.84 Å². The molecular formula is C14H16N2O2. The van der Waals surface area contributed by atoms with Gasteiger partial charge in [-0.2, -0.15) is 0 Å². The second-order valence-corrected chi connectivity index (χ2v) is 4.54. The van der Waals surface area contributed by atoms with Crippen molar-refractivity contribution in [3.05, 3.63) is 36.0 Å². The molecule has 2 heterocycles. The van der Waals surface area contributed by atoms with Gasteiger partial charge in [0.2, 0.25) is 0 Å². The van der Waals surface area contributed by atoms with Crippen molar-refractivity contribution < 1.29 is 9.84 Å². The van der Waals surface area contributed by atoms with Gasteiger partial charge in [0, 0.05) is 25.0 Å². The minimum Gasteiger partial charge on any atom is -0.506 e. The van der Waals surface area contributed by atoms with Crippen LogP contribution in [-0.4, -0.2) is 41.3 Å². The number of fused-ring (bicyclic) bond motifs is 1. The molecule has 0 unspecified atom stereocenters. The van der Waals surface area contributed by atoms with Crippen molar-refractivity contribution in [2.45, 2.75) is 6.54 Å². The molecule has 1 aliphatic heterocycles. The molecule has 0 bridgehead atoms. The summed E-state index contributed by atoms with van der Waals surface area (Å²) in [7, 11) is 0. The van der Waals surface area contributed by atoms with E-state index in [-0.39, 0.29) is 5.75 Å². The summed E-state index contributed by atoms with van der Waals surface area (Å²) in [5.74, 6) is 0.278. The first kappa shape index (κ1) is 11.4. The summed E-state index contributed by atoms with van der Waals surface area (Å²) >= 11 is 0. The van der Waals surface area contributed by atoms with Crippen molar-refractivity contribution in [2.24, 2.45) is 0 Å². The molecule has 0 amide bonds. The summed E-state index contributed by atoms with van der Waals surface area (Å²) < 4.78 is 5.31. The van der Waals surface area contributed by atoms with Crippen LogP contribution in [0.4, 0.5) is 0 Å². The Kier molecular flexibility index (Phi) is 3.13. The van der Waals surface area contributed by atoms with Crippen molar-refractivity contribution in [2.75, 3.05) is 26.3 Å². The number of ether oxygens (including phenoxy) is 1. The molecule has 94 valence electrons. The van der Waals surface area contributed by atoms with E-state index < -0.39 is 0 Å². The predicted molar refractivity (Wildman–Crippen MR) is 69.5 cm³/mol. The Bertz CT molecular complexity index is 550. The Morgan fingerprint density at radius 2 is 2.00 bits per heavy atom. The molecule has 4 nitrogen and oxygen atoms in total. The van der Waals surface area contributed by atoms with E-state index in [1.165, 1.54) is 0 Å². The largest absolute Gasteiger partial charge is 0.506 e. The summed E-state index contributed by atoms with van der Waals surface area (Å²) in [6, 6.07) is 9.63. The maximum absolute atomic E-state index is 10.0. The summed E-state index contributed by atoms with van der Waals surface area (Å²) in [6.07, 6.45) is 0. The third kappa shape index (κ3) is 2.30. The molecule has 18 heavy (non-hydrogen) atoms. The molecule has 1 aromatic carbocycles. The normalized spacial score (nSPS) is 17.1. The first-order chi connectivity index (χ1) is 8.83. The number of pyridine rings is 1. The lowest BCUT2D eigenvalue weighted by Gasteiger charge is -2.26. The van der Waals surface area contributed by atoms with E-state index in [0.29, 0.717) is 6.54 Å². The Hall–Kier alpha value is -1.65. The number of aromatic hydroxyl groups is 1. The highest BCUT2D eigenvalue weighted by molar-refractivity contribution is 5.80. The highest BCUT2D eigenvalue weighted by Gasteiger charge is 2.14. The first-order valence-electron chi connectivity index (χ1n) is 6.21. The van der Waals surface area contributed by atoms with Gasteiger partial charge in [0.1, 0.15) is 5.75 Å². The standard InChI is InChI=1S/C14H16N2O2/c17-14-9-11-3-1-2-4-12(11)15-13(14)10-16-5-7-18-8-6-16/h1-4,9,17H,5-8,10H2. The number of hydrogen-bond acceptors (Lipinski definition) is 4. The van der Waals surface area contributed by atoms with Crippen LogP contribution < -0.4 is 0 Å². The van der Waals surface area contributed by atoms with Gasteiger partial charge >= 0.3 is 0 Å². The number of rotatable bonds is 2. The van der Waals surface area contributed by atoms with Gasteiger partial charge in [-0.25, -0.2) is 4.98 Å². The van der Waals surface area contributed by atoms with E-state index in [2.05, 4.69) is 9.88 Å². The molecular weight excluding hydrogens is 228 g/mol. The number of benzene rings is 1. The maximum atomic E-state index is 10.0. The zero-order valence-electron chi connectivity index (χ0n) is 10.2. The van der Waals surface area contributed by atoms with Gasteiger partial charge in [0.15, 0.2) is 0 Å². The zero-order valence-corrected chi connectivity index (χ0v) is 10.2. The summed E-state index contributed by atoms with van der Waals surface area (Å²) in [5, 5.41) is 11.0. The molecule has 1 aliphatic rings. The van der Waals surface area contributed by atoms with Gasteiger partial charge in [0.25, 0.3) is 0 Å². The molecule has 1 fully saturated rings. The first-order valence-corrected chi connectivity index (χ1v) is 6.21. The average molecular weight is 244 g/mol. The molecule has 0 atom stereocenters. The molecule has 4 heteroatoms. The Morgan fingerprint density at radius 1 is 1.22 bits per heavy atom. The fourth-order valence-corrected chi connectivity index (χ4v) is 2.23. The fraction of sp³-hybridized carbons (Fsp3) is 0.357. The lowest BCUT2D eigenvalue weighted by molar-refractivity contribution is 0.0333. The lowest BCUT2D eigenvalue weighted by Crippen LogP contribution is -2.35. The van der Waals surface area contributed by atoms with Crippen molar-refractivity contribution >= 4 is 10.9 Å². The van der Waals surface area contributed by atoms with Crippen LogP contribution in [0.25, 0.3) is 10.9 Å². The third-order valence-corrected chi connectivity index (χ3v) is 3.26. The highest BCUT2D eigenvalue weighted by atomic mass is 16.5. The molecule has 1 N–H and O–H groups in total. The van der Waals surface area contributed by atoms with E-state index in [1.807, 2.05) is 24.3 Å². The second-order valence-electron chi connectivity index (χ2n) is 4.54. The molecule has 0 aliphatic carbocycles. The van der Waals surface area contributed by atoms with Crippen LogP contribution >= 0.6 is 0 Å². The number of morpholine rings is 1. The third-order valence-electron chi connectivity index (χ3n) is 3.26.